The molecular formula is C33H29N3. The minimum absolute atomic E-state index is 0.124. The lowest BCUT2D eigenvalue weighted by atomic mass is 9.76. The third-order valence-electron chi connectivity index (χ3n) is 7.41. The molecule has 0 saturated carbocycles. The molecule has 0 fully saturated rings. The van der Waals surface area contributed by atoms with Crippen LogP contribution in [0.2, 0.25) is 0 Å². The minimum Gasteiger partial charge on any atom is -0.358 e. The van der Waals surface area contributed by atoms with Gasteiger partial charge in [-0.1, -0.05) is 116 Å². The van der Waals surface area contributed by atoms with Crippen LogP contribution < -0.4 is 0 Å². The van der Waals surface area contributed by atoms with Crippen molar-refractivity contribution < 1.29 is 0 Å². The lowest BCUT2D eigenvalue weighted by molar-refractivity contribution is 0.502. The van der Waals surface area contributed by atoms with Gasteiger partial charge in [-0.3, -0.25) is 0 Å². The van der Waals surface area contributed by atoms with Crippen LogP contribution in [0.3, 0.4) is 0 Å². The van der Waals surface area contributed by atoms with Gasteiger partial charge in [0.15, 0.2) is 0 Å². The van der Waals surface area contributed by atoms with Gasteiger partial charge in [-0.25, -0.2) is 4.98 Å². The van der Waals surface area contributed by atoms with E-state index in [0.717, 1.165) is 16.9 Å². The summed E-state index contributed by atoms with van der Waals surface area (Å²) in [6, 6.07) is 43.0. The predicted molar refractivity (Wildman–Crippen MR) is 147 cm³/mol. The van der Waals surface area contributed by atoms with Crippen LogP contribution in [0, 0.1) is 6.92 Å². The molecule has 176 valence electrons. The molecule has 3 heteroatoms. The fourth-order valence-corrected chi connectivity index (χ4v) is 5.62. The van der Waals surface area contributed by atoms with Gasteiger partial charge in [0.05, 0.1) is 12.0 Å². The number of fused-ring (bicyclic) bond motifs is 1. The second kappa shape index (κ2) is 9.01. The topological polar surface area (TPSA) is 33.6 Å². The van der Waals surface area contributed by atoms with Crippen molar-refractivity contribution in [1.82, 2.24) is 14.5 Å². The summed E-state index contributed by atoms with van der Waals surface area (Å²) in [7, 11) is 0. The highest BCUT2D eigenvalue weighted by Crippen LogP contribution is 2.42. The summed E-state index contributed by atoms with van der Waals surface area (Å²) in [5.74, 6) is 0.124. The number of rotatable bonds is 6. The highest BCUT2D eigenvalue weighted by Gasteiger charge is 2.40. The summed E-state index contributed by atoms with van der Waals surface area (Å²) in [4.78, 5) is 8.66. The molecule has 4 aromatic carbocycles. The first-order valence-corrected chi connectivity index (χ1v) is 12.5. The Balaban J connectivity index is 1.59. The van der Waals surface area contributed by atoms with Crippen molar-refractivity contribution in [2.75, 3.05) is 0 Å². The van der Waals surface area contributed by atoms with Crippen molar-refractivity contribution in [3.63, 3.8) is 0 Å². The molecule has 1 N–H and O–H groups in total. The Labute approximate surface area is 212 Å². The quantitative estimate of drug-likeness (QED) is 0.251. The second-order valence-corrected chi connectivity index (χ2v) is 9.43. The number of imidazole rings is 1. The number of para-hydroxylation sites is 1. The van der Waals surface area contributed by atoms with E-state index in [4.69, 9.17) is 4.98 Å². The Morgan fingerprint density at radius 1 is 0.694 bits per heavy atom. The molecule has 1 unspecified atom stereocenters. The third-order valence-corrected chi connectivity index (χ3v) is 7.41. The van der Waals surface area contributed by atoms with E-state index < -0.39 is 5.54 Å². The van der Waals surface area contributed by atoms with Gasteiger partial charge in [0.1, 0.15) is 5.54 Å². The Morgan fingerprint density at radius 3 is 1.72 bits per heavy atom. The van der Waals surface area contributed by atoms with Crippen LogP contribution in [-0.2, 0) is 5.54 Å². The van der Waals surface area contributed by atoms with Gasteiger partial charge < -0.3 is 9.55 Å². The molecule has 0 amide bonds. The zero-order valence-corrected chi connectivity index (χ0v) is 20.6. The van der Waals surface area contributed by atoms with Crippen molar-refractivity contribution in [3.8, 4) is 0 Å². The highest BCUT2D eigenvalue weighted by molar-refractivity contribution is 5.80. The van der Waals surface area contributed by atoms with Crippen LogP contribution in [0.5, 0.6) is 0 Å². The van der Waals surface area contributed by atoms with Crippen LogP contribution in [-0.4, -0.2) is 14.5 Å². The highest BCUT2D eigenvalue weighted by atomic mass is 15.1. The molecule has 2 heterocycles. The van der Waals surface area contributed by atoms with Crippen LogP contribution >= 0.6 is 0 Å². The standard InChI is InChI=1S/C33H29N3/c1-24(31-22-26-14-12-13-21-30(26)35-31)32-25(2)36(23-34-32)33(27-15-6-3-7-16-27,28-17-8-4-9-18-28)29-19-10-5-11-20-29/h3-24,35H,1-2H3. The monoisotopic (exact) mass is 467 g/mol. The molecule has 1 atom stereocenters. The van der Waals surface area contributed by atoms with Crippen molar-refractivity contribution in [1.29, 1.82) is 0 Å². The fraction of sp³-hybridized carbons (Fsp3) is 0.121. The van der Waals surface area contributed by atoms with E-state index in [1.807, 2.05) is 6.33 Å². The summed E-state index contributed by atoms with van der Waals surface area (Å²) in [6.07, 6.45) is 2.02. The maximum absolute atomic E-state index is 5.05. The average Bonchev–Trinajstić information content (AvgIpc) is 3.55. The molecule has 36 heavy (non-hydrogen) atoms. The first kappa shape index (κ1) is 22.1. The number of H-pyrrole nitrogens is 1. The Kier molecular flexibility index (Phi) is 5.54. The van der Waals surface area contributed by atoms with Gasteiger partial charge in [-0.05, 0) is 41.1 Å². The number of hydrogen-bond donors (Lipinski definition) is 1. The van der Waals surface area contributed by atoms with E-state index in [1.54, 1.807) is 0 Å². The lowest BCUT2D eigenvalue weighted by Gasteiger charge is -2.38. The van der Waals surface area contributed by atoms with Crippen LogP contribution in [0.1, 0.15) is 46.6 Å². The van der Waals surface area contributed by atoms with Gasteiger partial charge in [-0.2, -0.15) is 0 Å². The first-order valence-electron chi connectivity index (χ1n) is 12.5. The maximum atomic E-state index is 5.05. The second-order valence-electron chi connectivity index (χ2n) is 9.43. The normalized spacial score (nSPS) is 12.6. The number of aromatic amines is 1. The molecule has 0 aliphatic carbocycles. The summed E-state index contributed by atoms with van der Waals surface area (Å²) in [6.45, 7) is 4.44. The number of hydrogen-bond acceptors (Lipinski definition) is 1. The molecule has 0 radical (unpaired) electrons. The number of nitrogens with one attached hydrogen (secondary N) is 1. The van der Waals surface area contributed by atoms with Gasteiger partial charge in [0, 0.05) is 22.8 Å². The lowest BCUT2D eigenvalue weighted by Crippen LogP contribution is -2.38. The van der Waals surface area contributed by atoms with Gasteiger partial charge in [-0.15, -0.1) is 0 Å². The van der Waals surface area contributed by atoms with E-state index >= 15 is 0 Å². The zero-order chi connectivity index (χ0) is 24.5. The summed E-state index contributed by atoms with van der Waals surface area (Å²) in [5.41, 5.74) is 7.61. The van der Waals surface area contributed by atoms with Crippen LogP contribution in [0.15, 0.2) is 128 Å². The Morgan fingerprint density at radius 2 is 1.19 bits per heavy atom. The SMILES string of the molecule is Cc1c(C(C)c2cc3ccccc3[nH]2)ncn1C(c1ccccc1)(c1ccccc1)c1ccccc1. The summed E-state index contributed by atoms with van der Waals surface area (Å²) < 4.78 is 2.36. The van der Waals surface area contributed by atoms with Crippen molar-refractivity contribution in [2.45, 2.75) is 25.3 Å². The number of aromatic nitrogens is 3. The molecule has 0 aliphatic heterocycles. The van der Waals surface area contributed by atoms with Crippen LogP contribution in [0.25, 0.3) is 10.9 Å². The number of benzene rings is 4. The van der Waals surface area contributed by atoms with Gasteiger partial charge >= 0.3 is 0 Å². The minimum atomic E-state index is -0.556. The molecule has 0 spiro atoms. The predicted octanol–water partition coefficient (Wildman–Crippen LogP) is 7.66. The van der Waals surface area contributed by atoms with Crippen molar-refractivity contribution in [3.05, 3.63) is 161 Å². The Bertz CT molecular complexity index is 1470. The fourth-order valence-electron chi connectivity index (χ4n) is 5.62. The van der Waals surface area contributed by atoms with E-state index in [1.165, 1.54) is 27.8 Å². The third kappa shape index (κ3) is 3.47. The van der Waals surface area contributed by atoms with Crippen LogP contribution in [0.4, 0.5) is 0 Å². The summed E-state index contributed by atoms with van der Waals surface area (Å²) >= 11 is 0. The van der Waals surface area contributed by atoms with E-state index in [2.05, 4.69) is 145 Å². The molecule has 0 aliphatic rings. The molecular weight excluding hydrogens is 438 g/mol. The molecule has 6 aromatic rings. The van der Waals surface area contributed by atoms with E-state index in [-0.39, 0.29) is 5.92 Å². The molecule has 2 aromatic heterocycles. The van der Waals surface area contributed by atoms with Gasteiger partial charge in [0.2, 0.25) is 0 Å². The average molecular weight is 468 g/mol. The Hall–Kier alpha value is -4.37. The molecule has 3 nitrogen and oxygen atoms in total. The van der Waals surface area contributed by atoms with Crippen molar-refractivity contribution in [2.24, 2.45) is 0 Å². The van der Waals surface area contributed by atoms with Crippen molar-refractivity contribution >= 4 is 10.9 Å². The molecule has 0 saturated heterocycles. The number of nitrogens with zero attached hydrogens (tertiary/aromatic N) is 2. The van der Waals surface area contributed by atoms with E-state index in [0.29, 0.717) is 0 Å². The summed E-state index contributed by atoms with van der Waals surface area (Å²) in [5, 5.41) is 1.23. The molecule has 6 rings (SSSR count). The molecule has 0 bridgehead atoms. The van der Waals surface area contributed by atoms with Gasteiger partial charge in [0.25, 0.3) is 0 Å². The smallest absolute Gasteiger partial charge is 0.121 e. The maximum Gasteiger partial charge on any atom is 0.121 e. The largest absolute Gasteiger partial charge is 0.358 e. The first-order chi connectivity index (χ1) is 17.7. The zero-order valence-electron chi connectivity index (χ0n) is 20.6. The van der Waals surface area contributed by atoms with E-state index in [9.17, 15) is 0 Å².